The van der Waals surface area contributed by atoms with Crippen LogP contribution in [-0.2, 0) is 0 Å². The predicted molar refractivity (Wildman–Crippen MR) is 101 cm³/mol. The van der Waals surface area contributed by atoms with Gasteiger partial charge < -0.3 is 10.0 Å². The molecule has 5 atom stereocenters. The molecule has 27 heavy (non-hydrogen) atoms. The third-order valence-corrected chi connectivity index (χ3v) is 8.38. The van der Waals surface area contributed by atoms with Gasteiger partial charge in [-0.3, -0.25) is 4.57 Å². The third-order valence-electron chi connectivity index (χ3n) is 8.38. The van der Waals surface area contributed by atoms with Crippen LogP contribution in [0, 0.1) is 23.2 Å². The van der Waals surface area contributed by atoms with E-state index < -0.39 is 0 Å². The van der Waals surface area contributed by atoms with Gasteiger partial charge >= 0.3 is 6.03 Å². The van der Waals surface area contributed by atoms with Crippen LogP contribution in [0.4, 0.5) is 4.79 Å². The van der Waals surface area contributed by atoms with Crippen molar-refractivity contribution < 1.29 is 9.90 Å². The Hall–Kier alpha value is -2.30. The van der Waals surface area contributed by atoms with Crippen molar-refractivity contribution in [2.24, 2.45) is 23.2 Å². The van der Waals surface area contributed by atoms with Gasteiger partial charge in [0, 0.05) is 24.3 Å². The maximum absolute atomic E-state index is 13.3. The number of amides is 1. The van der Waals surface area contributed by atoms with E-state index in [1.807, 2.05) is 18.0 Å². The second kappa shape index (κ2) is 4.94. The number of aromatic hydroxyl groups is 1. The summed E-state index contributed by atoms with van der Waals surface area (Å²) < 4.78 is 1.61. The average molecular weight is 363 g/mol. The minimum atomic E-state index is 0.0180. The van der Waals surface area contributed by atoms with Crippen molar-refractivity contribution in [3.05, 3.63) is 36.8 Å². The molecule has 1 N–H and O–H groups in total. The first kappa shape index (κ1) is 15.7. The molecule has 1 aromatic heterocycles. The van der Waals surface area contributed by atoms with Crippen LogP contribution in [0.25, 0.3) is 11.3 Å². The summed E-state index contributed by atoms with van der Waals surface area (Å²) in [6.07, 6.45) is 11.2. The zero-order valence-corrected chi connectivity index (χ0v) is 15.6. The number of aromatic nitrogens is 2. The highest BCUT2D eigenvalue weighted by molar-refractivity contribution is 5.79. The number of carbonyl (C=O) groups is 1. The molecule has 5 heteroatoms. The monoisotopic (exact) mass is 363 g/mol. The van der Waals surface area contributed by atoms with E-state index >= 15 is 0 Å². The molecule has 4 aliphatic rings. The Bertz CT molecular complexity index is 949. The molecule has 1 amide bonds. The number of fused-ring (bicyclic) bond motifs is 2. The van der Waals surface area contributed by atoms with Crippen LogP contribution >= 0.6 is 0 Å². The smallest absolute Gasteiger partial charge is 0.329 e. The molecule has 5 nitrogen and oxygen atoms in total. The third kappa shape index (κ3) is 1.95. The Morgan fingerprint density at radius 2 is 2.15 bits per heavy atom. The van der Waals surface area contributed by atoms with E-state index in [0.717, 1.165) is 23.3 Å². The summed E-state index contributed by atoms with van der Waals surface area (Å²) in [5, 5.41) is 9.69. The molecule has 1 spiro atoms. The molecule has 4 saturated carbocycles. The summed E-state index contributed by atoms with van der Waals surface area (Å²) in [4.78, 5) is 19.7. The van der Waals surface area contributed by atoms with Crippen molar-refractivity contribution in [2.75, 3.05) is 7.05 Å². The van der Waals surface area contributed by atoms with Crippen molar-refractivity contribution in [3.63, 3.8) is 0 Å². The van der Waals surface area contributed by atoms with E-state index in [-0.39, 0.29) is 17.3 Å². The molecule has 140 valence electrons. The minimum absolute atomic E-state index is 0.0180. The molecule has 4 fully saturated rings. The maximum Gasteiger partial charge on any atom is 0.329 e. The second-order valence-electron chi connectivity index (χ2n) is 9.54. The first-order valence-electron chi connectivity index (χ1n) is 10.1. The fraction of sp³-hybridized carbons (Fsp3) is 0.545. The summed E-state index contributed by atoms with van der Waals surface area (Å²) in [5.41, 5.74) is 2.14. The molecule has 1 heterocycles. The second-order valence-corrected chi connectivity index (χ2v) is 9.54. The number of carbonyl (C=O) groups excluding carboxylic acids is 1. The average Bonchev–Trinajstić information content (AvgIpc) is 3.26. The van der Waals surface area contributed by atoms with E-state index in [0.29, 0.717) is 11.1 Å². The van der Waals surface area contributed by atoms with Gasteiger partial charge in [0.05, 0.1) is 5.69 Å². The Morgan fingerprint density at radius 3 is 3.00 bits per heavy atom. The number of nitrogens with zero attached hydrogens (tertiary/aromatic N) is 3. The number of imidazole rings is 1. The highest BCUT2D eigenvalue weighted by Crippen LogP contribution is 2.77. The molecule has 0 saturated heterocycles. The Kier molecular flexibility index (Phi) is 2.88. The molecule has 0 aliphatic heterocycles. The zero-order chi connectivity index (χ0) is 18.4. The molecule has 2 aromatic rings. The zero-order valence-electron chi connectivity index (χ0n) is 15.6. The molecular formula is C22H25N3O2. The molecule has 5 unspecified atom stereocenters. The summed E-state index contributed by atoms with van der Waals surface area (Å²) >= 11 is 0. The van der Waals surface area contributed by atoms with Gasteiger partial charge in [0.25, 0.3) is 0 Å². The van der Waals surface area contributed by atoms with Crippen LogP contribution in [0.15, 0.2) is 36.8 Å². The lowest BCUT2D eigenvalue weighted by Crippen LogP contribution is -2.52. The van der Waals surface area contributed by atoms with Gasteiger partial charge in [0.1, 0.15) is 12.1 Å². The summed E-state index contributed by atoms with van der Waals surface area (Å²) in [7, 11) is 2.00. The molecule has 0 radical (unpaired) electrons. The molecular weight excluding hydrogens is 338 g/mol. The molecule has 1 aromatic carbocycles. The Labute approximate surface area is 159 Å². The lowest BCUT2D eigenvalue weighted by atomic mass is 9.56. The van der Waals surface area contributed by atoms with Crippen molar-refractivity contribution in [1.82, 2.24) is 14.5 Å². The summed E-state index contributed by atoms with van der Waals surface area (Å²) in [5.74, 6) is 2.80. The summed E-state index contributed by atoms with van der Waals surface area (Å²) in [6.45, 7) is 0. The van der Waals surface area contributed by atoms with Gasteiger partial charge in [-0.05, 0) is 73.8 Å². The van der Waals surface area contributed by atoms with E-state index in [9.17, 15) is 9.90 Å². The first-order chi connectivity index (χ1) is 13.0. The van der Waals surface area contributed by atoms with Gasteiger partial charge in [-0.25, -0.2) is 9.78 Å². The van der Waals surface area contributed by atoms with Crippen LogP contribution in [0.3, 0.4) is 0 Å². The van der Waals surface area contributed by atoms with Crippen molar-refractivity contribution in [3.8, 4) is 17.0 Å². The molecule has 6 rings (SSSR count). The fourth-order valence-electron chi connectivity index (χ4n) is 7.32. The van der Waals surface area contributed by atoms with Gasteiger partial charge in [-0.1, -0.05) is 12.1 Å². The number of phenols is 1. The minimum Gasteiger partial charge on any atom is -0.508 e. The van der Waals surface area contributed by atoms with E-state index in [1.165, 1.54) is 38.5 Å². The van der Waals surface area contributed by atoms with E-state index in [1.54, 1.807) is 35.3 Å². The quantitative estimate of drug-likeness (QED) is 0.873. The number of hydrogen-bond acceptors (Lipinski definition) is 3. The number of rotatable bonds is 2. The van der Waals surface area contributed by atoms with Gasteiger partial charge in [0.2, 0.25) is 0 Å². The summed E-state index contributed by atoms with van der Waals surface area (Å²) in [6, 6.07) is 7.01. The van der Waals surface area contributed by atoms with Crippen molar-refractivity contribution >= 4 is 6.03 Å². The van der Waals surface area contributed by atoms with Crippen LogP contribution in [0.5, 0.6) is 5.75 Å². The van der Waals surface area contributed by atoms with Crippen molar-refractivity contribution in [1.29, 1.82) is 0 Å². The first-order valence-corrected chi connectivity index (χ1v) is 10.1. The lowest BCUT2D eigenvalue weighted by molar-refractivity contribution is -0.00417. The van der Waals surface area contributed by atoms with Crippen LogP contribution < -0.4 is 0 Å². The largest absolute Gasteiger partial charge is 0.508 e. The Balaban J connectivity index is 1.29. The van der Waals surface area contributed by atoms with Gasteiger partial charge in [-0.2, -0.15) is 0 Å². The fourth-order valence-corrected chi connectivity index (χ4v) is 7.32. The standard InChI is InChI=1S/C22H25N3O2/c1-24(21-8-14-5-16-7-17(10-21)22(16,9-14)12-21)20(27)25-11-19(23-13-25)15-3-2-4-18(26)6-15/h2-4,6,11,13-14,16-17,26H,5,7-10,12H2,1H3. The lowest BCUT2D eigenvalue weighted by Gasteiger charge is -2.49. The topological polar surface area (TPSA) is 58.4 Å². The highest BCUT2D eigenvalue weighted by Gasteiger charge is 2.72. The number of phenolic OH excluding ortho intramolecular Hbond substituents is 1. The van der Waals surface area contributed by atoms with Gasteiger partial charge in [0.15, 0.2) is 0 Å². The van der Waals surface area contributed by atoms with Gasteiger partial charge in [-0.15, -0.1) is 0 Å². The molecule has 4 aliphatic carbocycles. The van der Waals surface area contributed by atoms with E-state index in [4.69, 9.17) is 0 Å². The molecule has 3 bridgehead atoms. The predicted octanol–water partition coefficient (Wildman–Crippen LogP) is 4.12. The van der Waals surface area contributed by atoms with E-state index in [2.05, 4.69) is 4.98 Å². The van der Waals surface area contributed by atoms with Crippen LogP contribution in [-0.4, -0.2) is 38.2 Å². The number of hydrogen-bond donors (Lipinski definition) is 1. The normalized spacial score (nSPS) is 37.9. The van der Waals surface area contributed by atoms with Crippen LogP contribution in [0.2, 0.25) is 0 Å². The highest BCUT2D eigenvalue weighted by atomic mass is 16.3. The Morgan fingerprint density at radius 1 is 1.26 bits per heavy atom. The van der Waals surface area contributed by atoms with Crippen LogP contribution in [0.1, 0.15) is 38.5 Å². The maximum atomic E-state index is 13.3. The number of benzene rings is 1. The van der Waals surface area contributed by atoms with Crippen molar-refractivity contribution in [2.45, 2.75) is 44.1 Å². The SMILES string of the molecule is CN(C(=O)n1cnc(-c2cccc(O)c2)c1)C12CC3CC4CC(C1)C4(C3)C2.